The first-order valence-corrected chi connectivity index (χ1v) is 6.20. The number of amides is 1. The topological polar surface area (TPSA) is 95.6 Å². The van der Waals surface area contributed by atoms with Crippen molar-refractivity contribution in [2.75, 3.05) is 12.3 Å². The van der Waals surface area contributed by atoms with E-state index in [0.717, 1.165) is 12.1 Å². The van der Waals surface area contributed by atoms with Gasteiger partial charge in [0.1, 0.15) is 6.10 Å². The number of alkyl halides is 3. The minimum atomic E-state index is -4.57. The van der Waals surface area contributed by atoms with Crippen LogP contribution in [0.1, 0.15) is 30.6 Å². The lowest BCUT2D eigenvalue weighted by molar-refractivity contribution is -0.137. The molecule has 0 fully saturated rings. The summed E-state index contributed by atoms with van der Waals surface area (Å²) in [5.41, 5.74) is 4.34. The summed E-state index contributed by atoms with van der Waals surface area (Å²) in [4.78, 5) is 10.7. The number of anilines is 1. The van der Waals surface area contributed by atoms with Gasteiger partial charge in [-0.1, -0.05) is 0 Å². The average molecular weight is 306 g/mol. The summed E-state index contributed by atoms with van der Waals surface area (Å²) in [6, 6.07) is 2.54. The second-order valence-electron chi connectivity index (χ2n) is 4.63. The molecule has 0 saturated heterocycles. The van der Waals surface area contributed by atoms with Crippen LogP contribution >= 0.6 is 0 Å². The van der Waals surface area contributed by atoms with Crippen LogP contribution in [0.4, 0.5) is 18.9 Å². The number of aliphatic hydroxyl groups is 2. The molecule has 2 unspecified atom stereocenters. The Morgan fingerprint density at radius 1 is 1.38 bits per heavy atom. The third-order valence-corrected chi connectivity index (χ3v) is 2.91. The minimum Gasteiger partial charge on any atom is -0.398 e. The van der Waals surface area contributed by atoms with Crippen LogP contribution in [-0.2, 0) is 11.0 Å². The fourth-order valence-corrected chi connectivity index (χ4v) is 1.77. The normalized spacial score (nSPS) is 14.6. The maximum Gasteiger partial charge on any atom is 0.416 e. The van der Waals surface area contributed by atoms with Crippen molar-refractivity contribution in [3.8, 4) is 0 Å². The molecule has 21 heavy (non-hydrogen) atoms. The first kappa shape index (κ1) is 17.3. The van der Waals surface area contributed by atoms with Gasteiger partial charge in [0.25, 0.3) is 0 Å². The van der Waals surface area contributed by atoms with Gasteiger partial charge in [-0.15, -0.1) is 0 Å². The van der Waals surface area contributed by atoms with E-state index < -0.39 is 23.9 Å². The Kier molecular flexibility index (Phi) is 5.56. The number of benzene rings is 1. The smallest absolute Gasteiger partial charge is 0.398 e. The molecular formula is C13H17F3N2O3. The Morgan fingerprint density at radius 3 is 2.52 bits per heavy atom. The van der Waals surface area contributed by atoms with E-state index >= 15 is 0 Å². The lowest BCUT2D eigenvalue weighted by Gasteiger charge is -2.21. The monoisotopic (exact) mass is 306 g/mol. The summed E-state index contributed by atoms with van der Waals surface area (Å²) in [5, 5.41) is 22.1. The van der Waals surface area contributed by atoms with Crippen molar-refractivity contribution in [1.82, 2.24) is 5.32 Å². The quantitative estimate of drug-likeness (QED) is 0.615. The van der Waals surface area contributed by atoms with Gasteiger partial charge in [-0.3, -0.25) is 4.79 Å². The Labute approximate surface area is 119 Å². The van der Waals surface area contributed by atoms with E-state index in [1.807, 2.05) is 0 Å². The number of carbonyl (C=O) groups is 1. The predicted molar refractivity (Wildman–Crippen MR) is 70.1 cm³/mol. The van der Waals surface area contributed by atoms with Crippen molar-refractivity contribution in [3.63, 3.8) is 0 Å². The second-order valence-corrected chi connectivity index (χ2v) is 4.63. The fourth-order valence-electron chi connectivity index (χ4n) is 1.77. The molecule has 8 heteroatoms. The summed E-state index contributed by atoms with van der Waals surface area (Å²) < 4.78 is 37.9. The molecule has 1 aromatic rings. The van der Waals surface area contributed by atoms with Gasteiger partial charge in [0.05, 0.1) is 11.7 Å². The van der Waals surface area contributed by atoms with Crippen LogP contribution < -0.4 is 11.1 Å². The van der Waals surface area contributed by atoms with Crippen LogP contribution in [0.5, 0.6) is 0 Å². The van der Waals surface area contributed by atoms with Gasteiger partial charge >= 0.3 is 6.18 Å². The molecule has 2 atom stereocenters. The molecule has 0 aliphatic carbocycles. The largest absolute Gasteiger partial charge is 0.416 e. The first-order chi connectivity index (χ1) is 9.62. The standard InChI is InChI=1S/C13H17F3N2O3/c1-7(19)18-5-4-11(20)12(21)9-6-8(13(14,15)16)2-3-10(9)17/h2-3,6,11-12,20-21H,4-5,17H2,1H3,(H,18,19). The van der Waals surface area contributed by atoms with E-state index in [0.29, 0.717) is 6.07 Å². The predicted octanol–water partition coefficient (Wildman–Crippen LogP) is 1.21. The zero-order valence-electron chi connectivity index (χ0n) is 11.3. The van der Waals surface area contributed by atoms with Crippen LogP contribution in [0.25, 0.3) is 0 Å². The van der Waals surface area contributed by atoms with Crippen molar-refractivity contribution in [2.24, 2.45) is 0 Å². The third kappa shape index (κ3) is 4.91. The molecule has 1 rings (SSSR count). The number of carbonyl (C=O) groups excluding carboxylic acids is 1. The van der Waals surface area contributed by atoms with E-state index in [-0.39, 0.29) is 30.1 Å². The first-order valence-electron chi connectivity index (χ1n) is 6.20. The van der Waals surface area contributed by atoms with Crippen LogP contribution in [0.15, 0.2) is 18.2 Å². The molecule has 0 aromatic heterocycles. The molecule has 0 heterocycles. The lowest BCUT2D eigenvalue weighted by atomic mass is 9.98. The van der Waals surface area contributed by atoms with Crippen LogP contribution in [0.3, 0.4) is 0 Å². The molecule has 5 nitrogen and oxygen atoms in total. The second kappa shape index (κ2) is 6.77. The summed E-state index contributed by atoms with van der Waals surface area (Å²) in [5.74, 6) is -0.310. The number of nitrogens with two attached hydrogens (primary N) is 1. The Bertz CT molecular complexity index is 506. The van der Waals surface area contributed by atoms with Gasteiger partial charge in [-0.2, -0.15) is 13.2 Å². The van der Waals surface area contributed by atoms with E-state index in [1.165, 1.54) is 6.92 Å². The molecule has 0 spiro atoms. The van der Waals surface area contributed by atoms with Gasteiger partial charge in [0.2, 0.25) is 5.91 Å². The van der Waals surface area contributed by atoms with Gasteiger partial charge in [-0.25, -0.2) is 0 Å². The Balaban J connectivity index is 2.85. The zero-order chi connectivity index (χ0) is 16.2. The highest BCUT2D eigenvalue weighted by Crippen LogP contribution is 2.34. The number of rotatable bonds is 5. The number of nitrogens with one attached hydrogen (secondary N) is 1. The van der Waals surface area contributed by atoms with Crippen LogP contribution in [-0.4, -0.2) is 28.8 Å². The molecule has 118 valence electrons. The number of aliphatic hydroxyl groups excluding tert-OH is 2. The van der Waals surface area contributed by atoms with Crippen molar-refractivity contribution < 1.29 is 28.2 Å². The summed E-state index contributed by atoms with van der Waals surface area (Å²) >= 11 is 0. The van der Waals surface area contributed by atoms with Gasteiger partial charge in [0, 0.05) is 24.7 Å². The highest BCUT2D eigenvalue weighted by Gasteiger charge is 2.32. The molecule has 0 aliphatic heterocycles. The SMILES string of the molecule is CC(=O)NCCC(O)C(O)c1cc(C(F)(F)F)ccc1N. The average Bonchev–Trinajstić information content (AvgIpc) is 2.36. The summed E-state index contributed by atoms with van der Waals surface area (Å²) in [7, 11) is 0. The molecule has 0 saturated carbocycles. The van der Waals surface area contributed by atoms with E-state index in [2.05, 4.69) is 5.32 Å². The van der Waals surface area contributed by atoms with Crippen molar-refractivity contribution >= 4 is 11.6 Å². The zero-order valence-corrected chi connectivity index (χ0v) is 11.3. The van der Waals surface area contributed by atoms with Crippen molar-refractivity contribution in [2.45, 2.75) is 31.7 Å². The van der Waals surface area contributed by atoms with Crippen LogP contribution in [0.2, 0.25) is 0 Å². The minimum absolute atomic E-state index is 0.0174. The lowest BCUT2D eigenvalue weighted by Crippen LogP contribution is -2.28. The molecule has 5 N–H and O–H groups in total. The van der Waals surface area contributed by atoms with E-state index in [4.69, 9.17) is 5.73 Å². The molecule has 1 amide bonds. The van der Waals surface area contributed by atoms with Crippen molar-refractivity contribution in [1.29, 1.82) is 0 Å². The fraction of sp³-hybridized carbons (Fsp3) is 0.462. The van der Waals surface area contributed by atoms with E-state index in [9.17, 15) is 28.2 Å². The highest BCUT2D eigenvalue weighted by atomic mass is 19.4. The maximum absolute atomic E-state index is 12.6. The summed E-state index contributed by atoms with van der Waals surface area (Å²) in [6.07, 6.45) is -7.50. The van der Waals surface area contributed by atoms with Gasteiger partial charge in [-0.05, 0) is 24.6 Å². The molecular weight excluding hydrogens is 289 g/mol. The maximum atomic E-state index is 12.6. The number of nitrogen functional groups attached to an aromatic ring is 1. The Hall–Kier alpha value is -1.80. The Morgan fingerprint density at radius 2 is 2.00 bits per heavy atom. The third-order valence-electron chi connectivity index (χ3n) is 2.91. The van der Waals surface area contributed by atoms with Crippen molar-refractivity contribution in [3.05, 3.63) is 29.3 Å². The summed E-state index contributed by atoms with van der Waals surface area (Å²) in [6.45, 7) is 1.38. The van der Waals surface area contributed by atoms with E-state index in [1.54, 1.807) is 0 Å². The molecule has 1 aromatic carbocycles. The molecule has 0 radical (unpaired) electrons. The molecule has 0 aliphatic rings. The number of hydrogen-bond acceptors (Lipinski definition) is 4. The highest BCUT2D eigenvalue weighted by molar-refractivity contribution is 5.72. The van der Waals surface area contributed by atoms with Gasteiger partial charge < -0.3 is 21.3 Å². The number of halogens is 3. The van der Waals surface area contributed by atoms with Crippen LogP contribution in [0, 0.1) is 0 Å². The van der Waals surface area contributed by atoms with Gasteiger partial charge in [0.15, 0.2) is 0 Å². The number of hydrogen-bond donors (Lipinski definition) is 4. The molecule has 0 bridgehead atoms.